The van der Waals surface area contributed by atoms with Crippen LogP contribution in [0.25, 0.3) is 0 Å². The summed E-state index contributed by atoms with van der Waals surface area (Å²) in [6, 6.07) is 17.3. The maximum atomic E-state index is 12.6. The fraction of sp³-hybridized carbons (Fsp3) is 0.0909. The normalized spacial score (nSPS) is 10.5. The first-order valence-corrected chi connectivity index (χ1v) is 12.0. The van der Waals surface area contributed by atoms with Crippen LogP contribution in [0.4, 0.5) is 11.4 Å². The van der Waals surface area contributed by atoms with E-state index in [0.29, 0.717) is 32.5 Å². The van der Waals surface area contributed by atoms with Gasteiger partial charge in [-0.3, -0.25) is 9.59 Å². The molecule has 0 saturated carbocycles. The third-order valence-electron chi connectivity index (χ3n) is 4.21. The fourth-order valence-corrected chi connectivity index (χ4v) is 4.24. The molecule has 0 saturated heterocycles. The second kappa shape index (κ2) is 10.3. The van der Waals surface area contributed by atoms with Gasteiger partial charge in [0, 0.05) is 31.2 Å². The van der Waals surface area contributed by atoms with E-state index in [0.717, 1.165) is 9.79 Å². The van der Waals surface area contributed by atoms with Crippen molar-refractivity contribution >= 4 is 69.9 Å². The quantitative estimate of drug-likeness (QED) is 0.378. The first-order valence-electron chi connectivity index (χ1n) is 8.81. The molecule has 2 N–H and O–H groups in total. The van der Waals surface area contributed by atoms with Crippen LogP contribution in [0, 0.1) is 0 Å². The zero-order valence-electron chi connectivity index (χ0n) is 16.2. The molecular formula is C22H18Cl2N2O2S2. The highest BCUT2D eigenvalue weighted by atomic mass is 35.5. The van der Waals surface area contributed by atoms with E-state index in [9.17, 15) is 9.59 Å². The summed E-state index contributed by atoms with van der Waals surface area (Å²) in [7, 11) is 0. The van der Waals surface area contributed by atoms with Crippen molar-refractivity contribution in [3.63, 3.8) is 0 Å². The Hall–Kier alpha value is -2.12. The Bertz CT molecular complexity index is 1000. The summed E-state index contributed by atoms with van der Waals surface area (Å²) in [4.78, 5) is 26.9. The summed E-state index contributed by atoms with van der Waals surface area (Å²) in [5.41, 5.74) is 2.24. The Labute approximate surface area is 193 Å². The topological polar surface area (TPSA) is 58.2 Å². The SMILES string of the molecule is CSc1ccc(Cl)cc1C(=O)Nc1ccc(NC(=O)c2cc(Cl)ccc2SC)cc1. The van der Waals surface area contributed by atoms with Crippen molar-refractivity contribution in [3.8, 4) is 0 Å². The van der Waals surface area contributed by atoms with Crippen LogP contribution in [0.5, 0.6) is 0 Å². The molecule has 2 amide bonds. The lowest BCUT2D eigenvalue weighted by molar-refractivity contribution is 0.101. The summed E-state index contributed by atoms with van der Waals surface area (Å²) >= 11 is 15.0. The molecule has 3 rings (SSSR count). The van der Waals surface area contributed by atoms with Gasteiger partial charge in [0.25, 0.3) is 11.8 Å². The molecule has 0 bridgehead atoms. The molecule has 0 spiro atoms. The zero-order chi connectivity index (χ0) is 21.7. The van der Waals surface area contributed by atoms with Gasteiger partial charge in [0.1, 0.15) is 0 Å². The van der Waals surface area contributed by atoms with Gasteiger partial charge in [0.05, 0.1) is 11.1 Å². The Balaban J connectivity index is 1.71. The third kappa shape index (κ3) is 5.52. The number of hydrogen-bond acceptors (Lipinski definition) is 4. The zero-order valence-corrected chi connectivity index (χ0v) is 19.3. The minimum absolute atomic E-state index is 0.248. The number of carbonyl (C=O) groups is 2. The van der Waals surface area contributed by atoms with E-state index in [1.807, 2.05) is 24.6 Å². The largest absolute Gasteiger partial charge is 0.322 e. The molecule has 4 nitrogen and oxygen atoms in total. The number of amides is 2. The molecule has 154 valence electrons. The average Bonchev–Trinajstić information content (AvgIpc) is 2.75. The van der Waals surface area contributed by atoms with Gasteiger partial charge < -0.3 is 10.6 Å². The van der Waals surface area contributed by atoms with Gasteiger partial charge in [0.15, 0.2) is 0 Å². The molecule has 0 aromatic heterocycles. The summed E-state index contributed by atoms with van der Waals surface area (Å²) in [6.07, 6.45) is 3.81. The van der Waals surface area contributed by atoms with Crippen LogP contribution in [-0.4, -0.2) is 24.3 Å². The molecule has 0 heterocycles. The minimum atomic E-state index is -0.248. The first-order chi connectivity index (χ1) is 14.4. The molecule has 30 heavy (non-hydrogen) atoms. The van der Waals surface area contributed by atoms with Crippen LogP contribution >= 0.6 is 46.7 Å². The van der Waals surface area contributed by atoms with Crippen molar-refractivity contribution in [1.29, 1.82) is 0 Å². The molecule has 0 atom stereocenters. The molecule has 0 aliphatic carbocycles. The highest BCUT2D eigenvalue weighted by Crippen LogP contribution is 2.26. The number of halogens is 2. The first kappa shape index (κ1) is 22.6. The molecule has 0 aliphatic rings. The Morgan fingerprint density at radius 3 is 1.37 bits per heavy atom. The van der Waals surface area contributed by atoms with Gasteiger partial charge in [0.2, 0.25) is 0 Å². The van der Waals surface area contributed by atoms with E-state index in [1.54, 1.807) is 48.5 Å². The lowest BCUT2D eigenvalue weighted by Crippen LogP contribution is -2.14. The van der Waals surface area contributed by atoms with E-state index >= 15 is 0 Å². The number of benzene rings is 3. The van der Waals surface area contributed by atoms with Crippen LogP contribution in [-0.2, 0) is 0 Å². The fourth-order valence-electron chi connectivity index (χ4n) is 2.75. The Kier molecular flexibility index (Phi) is 7.72. The number of rotatable bonds is 6. The molecule has 0 fully saturated rings. The summed E-state index contributed by atoms with van der Waals surface area (Å²) in [6.45, 7) is 0. The molecule has 3 aromatic carbocycles. The van der Waals surface area contributed by atoms with Gasteiger partial charge in [-0.25, -0.2) is 0 Å². The van der Waals surface area contributed by atoms with E-state index < -0.39 is 0 Å². The number of carbonyl (C=O) groups excluding carboxylic acids is 2. The Morgan fingerprint density at radius 1 is 0.667 bits per heavy atom. The number of nitrogens with one attached hydrogen (secondary N) is 2. The van der Waals surface area contributed by atoms with Gasteiger partial charge in [-0.2, -0.15) is 0 Å². The van der Waals surface area contributed by atoms with Crippen LogP contribution in [0.1, 0.15) is 20.7 Å². The molecule has 3 aromatic rings. The van der Waals surface area contributed by atoms with Crippen molar-refractivity contribution in [1.82, 2.24) is 0 Å². The van der Waals surface area contributed by atoms with E-state index in [4.69, 9.17) is 23.2 Å². The van der Waals surface area contributed by atoms with Gasteiger partial charge in [-0.1, -0.05) is 23.2 Å². The van der Waals surface area contributed by atoms with Crippen molar-refractivity contribution in [2.45, 2.75) is 9.79 Å². The van der Waals surface area contributed by atoms with Crippen molar-refractivity contribution in [3.05, 3.63) is 81.8 Å². The molecule has 0 radical (unpaired) electrons. The number of anilines is 2. The highest BCUT2D eigenvalue weighted by molar-refractivity contribution is 7.99. The summed E-state index contributed by atoms with van der Waals surface area (Å²) < 4.78 is 0. The maximum Gasteiger partial charge on any atom is 0.256 e. The minimum Gasteiger partial charge on any atom is -0.322 e. The van der Waals surface area contributed by atoms with Crippen LogP contribution < -0.4 is 10.6 Å². The molecule has 8 heteroatoms. The lowest BCUT2D eigenvalue weighted by atomic mass is 10.2. The summed E-state index contributed by atoms with van der Waals surface area (Å²) in [5.74, 6) is -0.496. The van der Waals surface area contributed by atoms with Crippen LogP contribution in [0.2, 0.25) is 10.0 Å². The second-order valence-electron chi connectivity index (χ2n) is 6.17. The molecule has 0 aliphatic heterocycles. The average molecular weight is 477 g/mol. The van der Waals surface area contributed by atoms with Crippen LogP contribution in [0.3, 0.4) is 0 Å². The van der Waals surface area contributed by atoms with Gasteiger partial charge in [-0.15, -0.1) is 23.5 Å². The maximum absolute atomic E-state index is 12.6. The standard InChI is InChI=1S/C22H18Cl2N2O2S2/c1-29-19-9-3-13(23)11-17(19)21(27)25-15-5-7-16(8-6-15)26-22(28)18-12-14(24)4-10-20(18)30-2/h3-12H,1-2H3,(H,25,27)(H,26,28). The Morgan fingerprint density at radius 2 is 1.03 bits per heavy atom. The lowest BCUT2D eigenvalue weighted by Gasteiger charge is -2.11. The highest BCUT2D eigenvalue weighted by Gasteiger charge is 2.14. The second-order valence-corrected chi connectivity index (χ2v) is 8.74. The van der Waals surface area contributed by atoms with Crippen molar-refractivity contribution < 1.29 is 9.59 Å². The molecule has 0 unspecified atom stereocenters. The third-order valence-corrected chi connectivity index (χ3v) is 6.27. The van der Waals surface area contributed by atoms with Crippen LogP contribution in [0.15, 0.2) is 70.5 Å². The van der Waals surface area contributed by atoms with E-state index in [2.05, 4.69) is 10.6 Å². The predicted molar refractivity (Wildman–Crippen MR) is 129 cm³/mol. The predicted octanol–water partition coefficient (Wildman–Crippen LogP) is 6.94. The number of hydrogen-bond donors (Lipinski definition) is 2. The van der Waals surface area contributed by atoms with E-state index in [-0.39, 0.29) is 11.8 Å². The van der Waals surface area contributed by atoms with Gasteiger partial charge in [-0.05, 0) is 73.2 Å². The molecular weight excluding hydrogens is 459 g/mol. The smallest absolute Gasteiger partial charge is 0.256 e. The van der Waals surface area contributed by atoms with E-state index in [1.165, 1.54) is 23.5 Å². The van der Waals surface area contributed by atoms with Crippen molar-refractivity contribution in [2.24, 2.45) is 0 Å². The summed E-state index contributed by atoms with van der Waals surface area (Å²) in [5, 5.41) is 6.71. The van der Waals surface area contributed by atoms with Gasteiger partial charge >= 0.3 is 0 Å². The monoisotopic (exact) mass is 476 g/mol. The number of thioether (sulfide) groups is 2. The van der Waals surface area contributed by atoms with Crippen molar-refractivity contribution in [2.75, 3.05) is 23.1 Å².